The monoisotopic (exact) mass is 339 g/mol. The van der Waals surface area contributed by atoms with Gasteiger partial charge in [-0.05, 0) is 26.0 Å². The fourth-order valence-electron chi connectivity index (χ4n) is 2.96. The molecule has 3 rings (SSSR count). The molecule has 1 saturated heterocycles. The average molecular weight is 340 g/mol. The molecule has 23 heavy (non-hydrogen) atoms. The number of halogens is 1. The molecule has 1 unspecified atom stereocenters. The first-order valence-electron chi connectivity index (χ1n) is 7.65. The first-order valence-corrected chi connectivity index (χ1v) is 7.65. The Balaban J connectivity index is 0.00000192. The molecule has 1 N–H and O–H groups in total. The first kappa shape index (κ1) is 17.6. The molecule has 2 heterocycles. The summed E-state index contributed by atoms with van der Waals surface area (Å²) in [5, 5.41) is 3.26. The number of nitrogens with one attached hydrogen (secondary N) is 1. The highest BCUT2D eigenvalue weighted by molar-refractivity contribution is 6.03. The maximum atomic E-state index is 12.6. The summed E-state index contributed by atoms with van der Waals surface area (Å²) in [5.41, 5.74) is 0.668. The van der Waals surface area contributed by atoms with E-state index in [4.69, 9.17) is 4.74 Å². The smallest absolute Gasteiger partial charge is 0.268 e. The van der Waals surface area contributed by atoms with Gasteiger partial charge in [0.15, 0.2) is 6.10 Å². The number of hydrogen-bond donors (Lipinski definition) is 1. The van der Waals surface area contributed by atoms with Gasteiger partial charge in [0.05, 0.1) is 5.69 Å². The van der Waals surface area contributed by atoms with Crippen LogP contribution in [0.5, 0.6) is 5.75 Å². The third-order valence-corrected chi connectivity index (χ3v) is 4.19. The van der Waals surface area contributed by atoms with Gasteiger partial charge in [-0.1, -0.05) is 12.1 Å². The van der Waals surface area contributed by atoms with Crippen LogP contribution in [0.4, 0.5) is 5.69 Å². The summed E-state index contributed by atoms with van der Waals surface area (Å²) < 4.78 is 5.60. The molecule has 1 aromatic rings. The zero-order valence-electron chi connectivity index (χ0n) is 13.3. The molecule has 1 fully saturated rings. The normalized spacial score (nSPS) is 23.7. The van der Waals surface area contributed by atoms with Crippen molar-refractivity contribution in [1.29, 1.82) is 0 Å². The predicted molar refractivity (Wildman–Crippen MR) is 90.2 cm³/mol. The minimum absolute atomic E-state index is 0. The highest BCUT2D eigenvalue weighted by Gasteiger charge is 2.34. The number of carbonyl (C=O) groups is 2. The van der Waals surface area contributed by atoms with Crippen LogP contribution in [0.15, 0.2) is 24.3 Å². The number of hydrogen-bond acceptors (Lipinski definition) is 4. The van der Waals surface area contributed by atoms with Crippen LogP contribution < -0.4 is 15.0 Å². The molecule has 126 valence electrons. The van der Waals surface area contributed by atoms with Crippen molar-refractivity contribution in [3.8, 4) is 5.75 Å². The molecule has 6 nitrogen and oxygen atoms in total. The van der Waals surface area contributed by atoms with E-state index in [-0.39, 0.29) is 36.8 Å². The van der Waals surface area contributed by atoms with Crippen LogP contribution in [0, 0.1) is 0 Å². The second kappa shape index (κ2) is 7.19. The van der Waals surface area contributed by atoms with E-state index in [0.29, 0.717) is 18.0 Å². The van der Waals surface area contributed by atoms with Crippen LogP contribution in [-0.4, -0.2) is 55.0 Å². The molecule has 1 aromatic carbocycles. The van der Waals surface area contributed by atoms with Crippen molar-refractivity contribution in [2.45, 2.75) is 26.0 Å². The molecule has 2 aliphatic heterocycles. The summed E-state index contributed by atoms with van der Waals surface area (Å²) in [6.07, 6.45) is -0.567. The van der Waals surface area contributed by atoms with Crippen molar-refractivity contribution in [2.75, 3.05) is 31.1 Å². The Morgan fingerprint density at radius 3 is 2.83 bits per heavy atom. The van der Waals surface area contributed by atoms with Gasteiger partial charge in [0.25, 0.3) is 5.91 Å². The van der Waals surface area contributed by atoms with E-state index in [2.05, 4.69) is 5.32 Å². The molecule has 2 amide bonds. The number of carbonyl (C=O) groups excluding carboxylic acids is 2. The van der Waals surface area contributed by atoms with Gasteiger partial charge in [-0.25, -0.2) is 0 Å². The molecule has 0 aromatic heterocycles. The number of rotatable bonds is 2. The number of amides is 2. The zero-order valence-corrected chi connectivity index (χ0v) is 14.1. The SMILES string of the molecule is CC1Oc2ccccc2N(CC(=O)N2CCNC[C@H]2C)C1=O.Cl. The van der Waals surface area contributed by atoms with Gasteiger partial charge in [-0.3, -0.25) is 14.5 Å². The van der Waals surface area contributed by atoms with Crippen LogP contribution in [0.1, 0.15) is 13.8 Å². The molecule has 7 heteroatoms. The number of fused-ring (bicyclic) bond motifs is 1. The second-order valence-corrected chi connectivity index (χ2v) is 5.79. The molecular formula is C16H22ClN3O3. The Kier molecular flexibility index (Phi) is 5.49. The van der Waals surface area contributed by atoms with E-state index in [1.54, 1.807) is 11.8 Å². The van der Waals surface area contributed by atoms with Crippen LogP contribution >= 0.6 is 12.4 Å². The molecule has 0 radical (unpaired) electrons. The molecule has 0 bridgehead atoms. The lowest BCUT2D eigenvalue weighted by atomic mass is 10.1. The van der Waals surface area contributed by atoms with Crippen LogP contribution in [-0.2, 0) is 9.59 Å². The lowest BCUT2D eigenvalue weighted by Crippen LogP contribution is -2.56. The van der Waals surface area contributed by atoms with E-state index in [9.17, 15) is 9.59 Å². The molecule has 0 saturated carbocycles. The van der Waals surface area contributed by atoms with Crippen molar-refractivity contribution in [3.63, 3.8) is 0 Å². The van der Waals surface area contributed by atoms with E-state index >= 15 is 0 Å². The Morgan fingerprint density at radius 1 is 1.35 bits per heavy atom. The van der Waals surface area contributed by atoms with Gasteiger partial charge in [-0.15, -0.1) is 12.4 Å². The van der Waals surface area contributed by atoms with Crippen LogP contribution in [0.25, 0.3) is 0 Å². The number of piperazine rings is 1. The minimum Gasteiger partial charge on any atom is -0.479 e. The maximum absolute atomic E-state index is 12.6. The lowest BCUT2D eigenvalue weighted by molar-refractivity contribution is -0.135. The predicted octanol–water partition coefficient (Wildman–Crippen LogP) is 1.04. The number of ether oxygens (including phenoxy) is 1. The molecule has 2 aliphatic rings. The van der Waals surface area contributed by atoms with Crippen LogP contribution in [0.2, 0.25) is 0 Å². The summed E-state index contributed by atoms with van der Waals surface area (Å²) in [5.74, 6) is 0.455. The summed E-state index contributed by atoms with van der Waals surface area (Å²) >= 11 is 0. The Hall–Kier alpha value is -1.79. The third-order valence-electron chi connectivity index (χ3n) is 4.19. The molecule has 0 aliphatic carbocycles. The summed E-state index contributed by atoms with van der Waals surface area (Å²) in [6, 6.07) is 7.48. The van der Waals surface area contributed by atoms with Crippen molar-refractivity contribution < 1.29 is 14.3 Å². The number of nitrogens with zero attached hydrogens (tertiary/aromatic N) is 2. The Bertz CT molecular complexity index is 596. The van der Waals surface area contributed by atoms with Gasteiger partial charge in [0.1, 0.15) is 12.3 Å². The number of benzene rings is 1. The fraction of sp³-hybridized carbons (Fsp3) is 0.500. The average Bonchev–Trinajstić information content (AvgIpc) is 2.52. The van der Waals surface area contributed by atoms with Gasteiger partial charge < -0.3 is 15.0 Å². The quantitative estimate of drug-likeness (QED) is 0.874. The minimum atomic E-state index is -0.567. The largest absolute Gasteiger partial charge is 0.479 e. The van der Waals surface area contributed by atoms with Crippen molar-refractivity contribution in [3.05, 3.63) is 24.3 Å². The summed E-state index contributed by atoms with van der Waals surface area (Å²) in [7, 11) is 0. The van der Waals surface area contributed by atoms with E-state index in [1.807, 2.05) is 36.1 Å². The first-order chi connectivity index (χ1) is 10.6. The molecule has 0 spiro atoms. The highest BCUT2D eigenvalue weighted by atomic mass is 35.5. The van der Waals surface area contributed by atoms with E-state index in [0.717, 1.165) is 13.1 Å². The third kappa shape index (κ3) is 3.43. The van der Waals surface area contributed by atoms with Crippen LogP contribution in [0.3, 0.4) is 0 Å². The topological polar surface area (TPSA) is 61.9 Å². The van der Waals surface area contributed by atoms with Gasteiger partial charge in [0.2, 0.25) is 5.91 Å². The molecule has 2 atom stereocenters. The van der Waals surface area contributed by atoms with Crippen molar-refractivity contribution in [1.82, 2.24) is 10.2 Å². The number of para-hydroxylation sites is 2. The summed E-state index contributed by atoms with van der Waals surface area (Å²) in [6.45, 7) is 6.05. The van der Waals surface area contributed by atoms with Crippen molar-refractivity contribution >= 4 is 29.9 Å². The van der Waals surface area contributed by atoms with E-state index in [1.165, 1.54) is 0 Å². The lowest BCUT2D eigenvalue weighted by Gasteiger charge is -2.37. The van der Waals surface area contributed by atoms with Gasteiger partial charge >= 0.3 is 0 Å². The number of anilines is 1. The Morgan fingerprint density at radius 2 is 2.09 bits per heavy atom. The second-order valence-electron chi connectivity index (χ2n) is 5.79. The zero-order chi connectivity index (χ0) is 15.7. The summed E-state index contributed by atoms with van der Waals surface area (Å²) in [4.78, 5) is 28.4. The molecular weight excluding hydrogens is 318 g/mol. The highest BCUT2D eigenvalue weighted by Crippen LogP contribution is 2.33. The maximum Gasteiger partial charge on any atom is 0.268 e. The van der Waals surface area contributed by atoms with Gasteiger partial charge in [-0.2, -0.15) is 0 Å². The Labute approximate surface area is 142 Å². The van der Waals surface area contributed by atoms with E-state index < -0.39 is 6.10 Å². The van der Waals surface area contributed by atoms with Crippen molar-refractivity contribution in [2.24, 2.45) is 0 Å². The standard InChI is InChI=1S/C16H21N3O3.ClH/c1-11-9-17-7-8-18(11)15(20)10-19-13-5-3-4-6-14(13)22-12(2)16(19)21;/h3-6,11-12,17H,7-10H2,1-2H3;1H/t11-,12?;/m1./s1. The fourth-order valence-corrected chi connectivity index (χ4v) is 2.96. The van der Waals surface area contributed by atoms with Gasteiger partial charge in [0, 0.05) is 25.7 Å².